The van der Waals surface area contributed by atoms with Gasteiger partial charge in [-0.05, 0) is 25.2 Å². The van der Waals surface area contributed by atoms with E-state index < -0.39 is 10.0 Å². The van der Waals surface area contributed by atoms with Crippen molar-refractivity contribution in [3.8, 4) is 0 Å². The fourth-order valence-electron chi connectivity index (χ4n) is 2.62. The summed E-state index contributed by atoms with van der Waals surface area (Å²) in [5, 5.41) is -0.158. The Bertz CT molecular complexity index is 338. The SMILES string of the molecule is CC1CCN(S(=O)(=O)C2CCCC2)CC1Cl. The molecule has 5 heteroatoms. The number of rotatable bonds is 2. The minimum absolute atomic E-state index is 0.0232. The summed E-state index contributed by atoms with van der Waals surface area (Å²) < 4.78 is 26.2. The van der Waals surface area contributed by atoms with Crippen molar-refractivity contribution in [3.05, 3.63) is 0 Å². The summed E-state index contributed by atoms with van der Waals surface area (Å²) >= 11 is 6.17. The molecule has 3 nitrogen and oxygen atoms in total. The Labute approximate surface area is 103 Å². The number of hydrogen-bond donors (Lipinski definition) is 0. The molecule has 0 N–H and O–H groups in total. The maximum atomic E-state index is 12.3. The normalized spacial score (nSPS) is 34.4. The Balaban J connectivity index is 2.06. The molecule has 2 aliphatic rings. The van der Waals surface area contributed by atoms with Gasteiger partial charge in [-0.25, -0.2) is 12.7 Å². The molecule has 1 saturated heterocycles. The summed E-state index contributed by atoms with van der Waals surface area (Å²) in [6, 6.07) is 0. The minimum atomic E-state index is -3.07. The van der Waals surface area contributed by atoms with E-state index in [4.69, 9.17) is 11.6 Å². The smallest absolute Gasteiger partial charge is 0.212 e. The topological polar surface area (TPSA) is 37.4 Å². The monoisotopic (exact) mass is 265 g/mol. The Morgan fingerprint density at radius 3 is 2.38 bits per heavy atom. The highest BCUT2D eigenvalue weighted by Crippen LogP contribution is 2.30. The molecule has 1 saturated carbocycles. The summed E-state index contributed by atoms with van der Waals surface area (Å²) in [7, 11) is -3.07. The Kier molecular flexibility index (Phi) is 3.82. The van der Waals surface area contributed by atoms with E-state index in [1.54, 1.807) is 4.31 Å². The molecule has 0 spiro atoms. The summed E-state index contributed by atoms with van der Waals surface area (Å²) in [4.78, 5) is 0. The first-order chi connectivity index (χ1) is 7.51. The van der Waals surface area contributed by atoms with Crippen LogP contribution in [0, 0.1) is 5.92 Å². The van der Waals surface area contributed by atoms with Gasteiger partial charge in [0.05, 0.1) is 5.25 Å². The van der Waals surface area contributed by atoms with Crippen molar-refractivity contribution in [3.63, 3.8) is 0 Å². The summed E-state index contributed by atoms with van der Waals surface area (Å²) in [6.45, 7) is 3.25. The van der Waals surface area contributed by atoms with Crippen LogP contribution in [0.3, 0.4) is 0 Å². The van der Waals surface area contributed by atoms with Gasteiger partial charge < -0.3 is 0 Å². The molecule has 2 atom stereocenters. The zero-order valence-electron chi connectivity index (χ0n) is 9.73. The maximum absolute atomic E-state index is 12.3. The molecule has 1 heterocycles. The number of halogens is 1. The third-order valence-corrected chi connectivity index (χ3v) is 6.85. The molecule has 2 rings (SSSR count). The predicted octanol–water partition coefficient (Wildman–Crippen LogP) is 2.21. The summed E-state index contributed by atoms with van der Waals surface area (Å²) in [6.07, 6.45) is 4.67. The number of nitrogens with zero attached hydrogens (tertiary/aromatic N) is 1. The van der Waals surface area contributed by atoms with Gasteiger partial charge in [0.15, 0.2) is 0 Å². The van der Waals surface area contributed by atoms with Gasteiger partial charge in [0.2, 0.25) is 10.0 Å². The van der Waals surface area contributed by atoms with Crippen molar-refractivity contribution in [2.45, 2.75) is 49.7 Å². The fraction of sp³-hybridized carbons (Fsp3) is 1.00. The minimum Gasteiger partial charge on any atom is -0.212 e. The van der Waals surface area contributed by atoms with E-state index >= 15 is 0 Å². The average Bonchev–Trinajstić information content (AvgIpc) is 2.75. The standard InChI is InChI=1S/C11H20ClNO2S/c1-9-6-7-13(8-11(9)12)16(14,15)10-4-2-3-5-10/h9-11H,2-8H2,1H3. The molecule has 0 aromatic heterocycles. The van der Waals surface area contributed by atoms with Crippen LogP contribution in [0.25, 0.3) is 0 Å². The highest BCUT2D eigenvalue weighted by molar-refractivity contribution is 7.89. The van der Waals surface area contributed by atoms with Crippen molar-refractivity contribution >= 4 is 21.6 Å². The van der Waals surface area contributed by atoms with Crippen LogP contribution in [-0.4, -0.2) is 36.4 Å². The summed E-state index contributed by atoms with van der Waals surface area (Å²) in [5.74, 6) is 0.427. The zero-order chi connectivity index (χ0) is 11.8. The van der Waals surface area contributed by atoms with Gasteiger partial charge in [-0.3, -0.25) is 0 Å². The Morgan fingerprint density at radius 2 is 1.81 bits per heavy atom. The molecule has 0 amide bonds. The highest BCUT2D eigenvalue weighted by atomic mass is 35.5. The average molecular weight is 266 g/mol. The molecule has 94 valence electrons. The van der Waals surface area contributed by atoms with Crippen molar-refractivity contribution in [2.75, 3.05) is 13.1 Å². The third kappa shape index (κ3) is 2.39. The second-order valence-corrected chi connectivity index (χ2v) is 7.86. The molecule has 0 aromatic rings. The molecule has 2 unspecified atom stereocenters. The molecular formula is C11H20ClNO2S. The van der Waals surface area contributed by atoms with Gasteiger partial charge in [0, 0.05) is 18.5 Å². The quantitative estimate of drug-likeness (QED) is 0.718. The van der Waals surface area contributed by atoms with E-state index in [0.29, 0.717) is 19.0 Å². The van der Waals surface area contributed by atoms with Gasteiger partial charge in [-0.2, -0.15) is 0 Å². The molecule has 0 aromatic carbocycles. The lowest BCUT2D eigenvalue weighted by molar-refractivity contribution is 0.290. The van der Waals surface area contributed by atoms with Crippen molar-refractivity contribution in [1.29, 1.82) is 0 Å². The first kappa shape index (κ1) is 12.7. The van der Waals surface area contributed by atoms with E-state index in [9.17, 15) is 8.42 Å². The lowest BCUT2D eigenvalue weighted by Gasteiger charge is -2.34. The van der Waals surface area contributed by atoms with E-state index in [-0.39, 0.29) is 10.6 Å². The fourth-order valence-corrected chi connectivity index (χ4v) is 5.08. The molecule has 2 fully saturated rings. The number of alkyl halides is 1. The van der Waals surface area contributed by atoms with Gasteiger partial charge in [0.1, 0.15) is 0 Å². The Morgan fingerprint density at radius 1 is 1.19 bits per heavy atom. The molecule has 0 bridgehead atoms. The van der Waals surface area contributed by atoms with E-state index in [2.05, 4.69) is 6.92 Å². The van der Waals surface area contributed by atoms with Crippen LogP contribution in [0.4, 0.5) is 0 Å². The van der Waals surface area contributed by atoms with Gasteiger partial charge >= 0.3 is 0 Å². The lowest BCUT2D eigenvalue weighted by atomic mass is 10.0. The zero-order valence-corrected chi connectivity index (χ0v) is 11.3. The van der Waals surface area contributed by atoms with Crippen LogP contribution < -0.4 is 0 Å². The Hall–Kier alpha value is 0.200. The van der Waals surface area contributed by atoms with Crippen LogP contribution in [0.2, 0.25) is 0 Å². The van der Waals surface area contributed by atoms with Crippen LogP contribution in [0.1, 0.15) is 39.0 Å². The van der Waals surface area contributed by atoms with Crippen LogP contribution in [0.5, 0.6) is 0 Å². The molecule has 16 heavy (non-hydrogen) atoms. The van der Waals surface area contributed by atoms with Crippen molar-refractivity contribution in [2.24, 2.45) is 5.92 Å². The maximum Gasteiger partial charge on any atom is 0.217 e. The second kappa shape index (κ2) is 4.83. The first-order valence-electron chi connectivity index (χ1n) is 6.15. The van der Waals surface area contributed by atoms with E-state index in [0.717, 1.165) is 32.1 Å². The lowest BCUT2D eigenvalue weighted by Crippen LogP contribution is -2.46. The van der Waals surface area contributed by atoms with Crippen LogP contribution in [-0.2, 0) is 10.0 Å². The third-order valence-electron chi connectivity index (χ3n) is 3.91. The predicted molar refractivity (Wildman–Crippen MR) is 66.2 cm³/mol. The van der Waals surface area contributed by atoms with E-state index in [1.165, 1.54) is 0 Å². The van der Waals surface area contributed by atoms with E-state index in [1.807, 2.05) is 0 Å². The molecule has 1 aliphatic carbocycles. The van der Waals surface area contributed by atoms with Gasteiger partial charge in [-0.15, -0.1) is 11.6 Å². The molecule has 1 aliphatic heterocycles. The van der Waals surface area contributed by atoms with Crippen LogP contribution >= 0.6 is 11.6 Å². The molecule has 0 radical (unpaired) electrons. The first-order valence-corrected chi connectivity index (χ1v) is 8.09. The molecular weight excluding hydrogens is 246 g/mol. The number of piperidine rings is 1. The number of sulfonamides is 1. The number of hydrogen-bond acceptors (Lipinski definition) is 2. The van der Waals surface area contributed by atoms with Gasteiger partial charge in [0.25, 0.3) is 0 Å². The largest absolute Gasteiger partial charge is 0.217 e. The van der Waals surface area contributed by atoms with Crippen LogP contribution in [0.15, 0.2) is 0 Å². The van der Waals surface area contributed by atoms with Crippen molar-refractivity contribution in [1.82, 2.24) is 4.31 Å². The van der Waals surface area contributed by atoms with Gasteiger partial charge in [-0.1, -0.05) is 19.8 Å². The second-order valence-electron chi connectivity index (χ2n) is 5.09. The highest BCUT2D eigenvalue weighted by Gasteiger charge is 2.37. The summed E-state index contributed by atoms with van der Waals surface area (Å²) in [5.41, 5.74) is 0. The van der Waals surface area contributed by atoms with Crippen molar-refractivity contribution < 1.29 is 8.42 Å².